The quantitative estimate of drug-likeness (QED) is 0.373. The summed E-state index contributed by atoms with van der Waals surface area (Å²) in [7, 11) is 0. The summed E-state index contributed by atoms with van der Waals surface area (Å²) in [4.78, 5) is 19.9. The minimum atomic E-state index is -1.30. The summed E-state index contributed by atoms with van der Waals surface area (Å²) in [6.07, 6.45) is -4.35. The standard InChI is InChI=1S/C11H14N4O5S/c12-11-13-8-3(9(19)14-11)1-5(21)15(8)10-7(18)6(17)4(2-16)20-10/h4,6-7,10,16-18H,1-2H2,(H3,12,13,14,19)/t4-,6+,7?,10-/m1/s1. The number of aromatic amines is 1. The van der Waals surface area contributed by atoms with E-state index in [0.29, 0.717) is 10.6 Å². The van der Waals surface area contributed by atoms with Gasteiger partial charge in [0.2, 0.25) is 5.95 Å². The largest absolute Gasteiger partial charge is 0.394 e. The zero-order valence-corrected chi connectivity index (χ0v) is 11.6. The first-order chi connectivity index (χ1) is 9.93. The zero-order chi connectivity index (χ0) is 15.3. The Hall–Kier alpha value is -1.59. The van der Waals surface area contributed by atoms with Crippen LogP contribution in [0.2, 0.25) is 0 Å². The number of nitrogen functional groups attached to an aromatic ring is 1. The van der Waals surface area contributed by atoms with Crippen LogP contribution in [0, 0.1) is 0 Å². The number of aliphatic hydroxyl groups excluding tert-OH is 3. The van der Waals surface area contributed by atoms with Gasteiger partial charge in [0.05, 0.1) is 17.2 Å². The molecule has 0 spiro atoms. The summed E-state index contributed by atoms with van der Waals surface area (Å²) >= 11 is 5.21. The first-order valence-corrected chi connectivity index (χ1v) is 6.68. The van der Waals surface area contributed by atoms with E-state index < -0.39 is 36.7 Å². The molecule has 1 fully saturated rings. The fraction of sp³-hybridized carbons (Fsp3) is 0.545. The fourth-order valence-electron chi connectivity index (χ4n) is 2.57. The lowest BCUT2D eigenvalue weighted by molar-refractivity contribution is -0.0191. The van der Waals surface area contributed by atoms with E-state index >= 15 is 0 Å². The van der Waals surface area contributed by atoms with Crippen molar-refractivity contribution in [3.05, 3.63) is 15.9 Å². The number of anilines is 2. The topological polar surface area (TPSA) is 145 Å². The molecule has 0 aliphatic carbocycles. The van der Waals surface area contributed by atoms with Gasteiger partial charge in [-0.05, 0) is 0 Å². The highest BCUT2D eigenvalue weighted by atomic mass is 32.1. The van der Waals surface area contributed by atoms with Crippen LogP contribution in [0.3, 0.4) is 0 Å². The molecule has 10 heteroatoms. The summed E-state index contributed by atoms with van der Waals surface area (Å²) in [5, 5.41) is 29.0. The molecule has 0 saturated carbocycles. The van der Waals surface area contributed by atoms with Gasteiger partial charge in [-0.15, -0.1) is 0 Å². The Morgan fingerprint density at radius 1 is 1.48 bits per heavy atom. The number of hydrogen-bond donors (Lipinski definition) is 5. The summed E-state index contributed by atoms with van der Waals surface area (Å²) in [5.41, 5.74) is 5.44. The molecule has 0 radical (unpaired) electrons. The van der Waals surface area contributed by atoms with Gasteiger partial charge in [0, 0.05) is 6.42 Å². The molecule has 0 aromatic carbocycles. The number of hydrogen-bond acceptors (Lipinski definition) is 8. The third-order valence-electron chi connectivity index (χ3n) is 3.61. The van der Waals surface area contributed by atoms with Crippen molar-refractivity contribution in [2.45, 2.75) is 31.0 Å². The first kappa shape index (κ1) is 14.4. The van der Waals surface area contributed by atoms with Crippen molar-refractivity contribution in [2.24, 2.45) is 0 Å². The van der Waals surface area contributed by atoms with Gasteiger partial charge < -0.3 is 25.8 Å². The van der Waals surface area contributed by atoms with Gasteiger partial charge >= 0.3 is 0 Å². The van der Waals surface area contributed by atoms with E-state index in [9.17, 15) is 15.0 Å². The summed E-state index contributed by atoms with van der Waals surface area (Å²) in [6.45, 7) is -0.451. The van der Waals surface area contributed by atoms with Crippen LogP contribution in [-0.2, 0) is 11.2 Å². The summed E-state index contributed by atoms with van der Waals surface area (Å²) < 4.78 is 5.42. The van der Waals surface area contributed by atoms with E-state index in [0.717, 1.165) is 0 Å². The van der Waals surface area contributed by atoms with Crippen molar-refractivity contribution in [1.29, 1.82) is 0 Å². The second-order valence-corrected chi connectivity index (χ2v) is 5.39. The molecule has 2 aliphatic rings. The van der Waals surface area contributed by atoms with Crippen LogP contribution in [0.4, 0.5) is 11.8 Å². The monoisotopic (exact) mass is 314 g/mol. The number of fused-ring (bicyclic) bond motifs is 1. The average Bonchev–Trinajstić information content (AvgIpc) is 2.89. The third-order valence-corrected chi connectivity index (χ3v) is 3.95. The zero-order valence-electron chi connectivity index (χ0n) is 10.8. The number of nitrogens with one attached hydrogen (secondary N) is 1. The highest BCUT2D eigenvalue weighted by Crippen LogP contribution is 2.33. The molecule has 2 aliphatic heterocycles. The number of H-pyrrole nitrogens is 1. The van der Waals surface area contributed by atoms with Crippen molar-refractivity contribution >= 4 is 29.0 Å². The predicted molar refractivity (Wildman–Crippen MR) is 75.8 cm³/mol. The van der Waals surface area contributed by atoms with Gasteiger partial charge in [0.25, 0.3) is 5.56 Å². The van der Waals surface area contributed by atoms with E-state index in [2.05, 4.69) is 9.97 Å². The normalized spacial score (nSPS) is 31.8. The molecule has 1 unspecified atom stereocenters. The number of thiocarbonyl (C=S) groups is 1. The average molecular weight is 314 g/mol. The second-order valence-electron chi connectivity index (χ2n) is 4.92. The maximum Gasteiger partial charge on any atom is 0.258 e. The Morgan fingerprint density at radius 3 is 2.81 bits per heavy atom. The van der Waals surface area contributed by atoms with Gasteiger partial charge in [-0.3, -0.25) is 14.7 Å². The van der Waals surface area contributed by atoms with Gasteiger partial charge in [0.15, 0.2) is 6.23 Å². The van der Waals surface area contributed by atoms with Crippen molar-refractivity contribution in [3.8, 4) is 0 Å². The lowest BCUT2D eigenvalue weighted by Gasteiger charge is -2.27. The second kappa shape index (κ2) is 5.00. The maximum atomic E-state index is 11.8. The van der Waals surface area contributed by atoms with E-state index in [1.807, 2.05) is 0 Å². The van der Waals surface area contributed by atoms with Gasteiger partial charge in [-0.2, -0.15) is 4.98 Å². The molecule has 6 N–H and O–H groups in total. The van der Waals surface area contributed by atoms with E-state index in [-0.39, 0.29) is 18.2 Å². The Kier molecular flexibility index (Phi) is 3.42. The number of rotatable bonds is 2. The smallest absolute Gasteiger partial charge is 0.258 e. The Bertz CT molecular complexity index is 650. The summed E-state index contributed by atoms with van der Waals surface area (Å²) in [6, 6.07) is 0. The number of ether oxygens (including phenoxy) is 1. The number of nitrogens with two attached hydrogens (primary N) is 1. The Balaban J connectivity index is 2.02. The molecule has 21 heavy (non-hydrogen) atoms. The van der Waals surface area contributed by atoms with Crippen molar-refractivity contribution in [1.82, 2.24) is 9.97 Å². The van der Waals surface area contributed by atoms with Crippen LogP contribution in [0.1, 0.15) is 5.56 Å². The van der Waals surface area contributed by atoms with Crippen LogP contribution >= 0.6 is 12.2 Å². The van der Waals surface area contributed by atoms with Crippen LogP contribution in [-0.4, -0.2) is 61.4 Å². The minimum Gasteiger partial charge on any atom is -0.394 e. The molecule has 4 atom stereocenters. The lowest BCUT2D eigenvalue weighted by Crippen LogP contribution is -2.45. The molecule has 9 nitrogen and oxygen atoms in total. The third kappa shape index (κ3) is 2.12. The minimum absolute atomic E-state index is 0.0832. The highest BCUT2D eigenvalue weighted by Gasteiger charge is 2.48. The molecule has 114 valence electrons. The Morgan fingerprint density at radius 2 is 2.19 bits per heavy atom. The SMILES string of the molecule is Nc1nc2c(c(=O)[nH]1)CC(=S)N2[C@@H]1O[C@H](CO)[C@H](O)C1O. The van der Waals surface area contributed by atoms with Crippen molar-refractivity contribution < 1.29 is 20.1 Å². The van der Waals surface area contributed by atoms with E-state index in [4.69, 9.17) is 27.8 Å². The molecule has 0 bridgehead atoms. The van der Waals surface area contributed by atoms with Crippen LogP contribution in [0.5, 0.6) is 0 Å². The van der Waals surface area contributed by atoms with Gasteiger partial charge in [-0.1, -0.05) is 12.2 Å². The summed E-state index contributed by atoms with van der Waals surface area (Å²) in [5.74, 6) is 0.122. The van der Waals surface area contributed by atoms with Crippen LogP contribution in [0.15, 0.2) is 4.79 Å². The van der Waals surface area contributed by atoms with Crippen molar-refractivity contribution in [2.75, 3.05) is 17.2 Å². The van der Waals surface area contributed by atoms with Crippen LogP contribution < -0.4 is 16.2 Å². The maximum absolute atomic E-state index is 11.8. The Labute approximate surface area is 124 Å². The molecular weight excluding hydrogens is 300 g/mol. The molecule has 3 heterocycles. The van der Waals surface area contributed by atoms with E-state index in [1.54, 1.807) is 0 Å². The van der Waals surface area contributed by atoms with Gasteiger partial charge in [0.1, 0.15) is 24.1 Å². The molecular formula is C11H14N4O5S. The first-order valence-electron chi connectivity index (χ1n) is 6.27. The molecule has 1 saturated heterocycles. The number of aromatic nitrogens is 2. The number of aliphatic hydroxyl groups is 3. The lowest BCUT2D eigenvalue weighted by atomic mass is 10.1. The molecule has 1 aromatic rings. The molecule has 1 aromatic heterocycles. The van der Waals surface area contributed by atoms with Crippen molar-refractivity contribution in [3.63, 3.8) is 0 Å². The molecule has 0 amide bonds. The van der Waals surface area contributed by atoms with Crippen LogP contribution in [0.25, 0.3) is 0 Å². The predicted octanol–water partition coefficient (Wildman–Crippen LogP) is -2.52. The number of nitrogens with zero attached hydrogens (tertiary/aromatic N) is 2. The fourth-order valence-corrected chi connectivity index (χ4v) is 2.91. The molecule has 3 rings (SSSR count). The van der Waals surface area contributed by atoms with Gasteiger partial charge in [-0.25, -0.2) is 0 Å². The van der Waals surface area contributed by atoms with E-state index in [1.165, 1.54) is 4.90 Å². The highest BCUT2D eigenvalue weighted by molar-refractivity contribution is 7.80.